The van der Waals surface area contributed by atoms with E-state index in [0.717, 1.165) is 17.0 Å². The first-order valence-corrected chi connectivity index (χ1v) is 11.6. The number of carbonyl (C=O) groups is 2. The van der Waals surface area contributed by atoms with Gasteiger partial charge in [-0.1, -0.05) is 24.3 Å². The van der Waals surface area contributed by atoms with E-state index in [1.165, 1.54) is 12.1 Å². The Hall–Kier alpha value is -2.87. The van der Waals surface area contributed by atoms with E-state index in [0.29, 0.717) is 17.0 Å². The summed E-state index contributed by atoms with van der Waals surface area (Å²) in [6, 6.07) is 8.59. The number of ether oxygens (including phenoxy) is 1. The van der Waals surface area contributed by atoms with E-state index in [4.69, 9.17) is 4.74 Å². The second-order valence-corrected chi connectivity index (χ2v) is 9.59. The molecule has 174 valence electrons. The number of carbonyl (C=O) groups excluding carboxylic acids is 2. The quantitative estimate of drug-likeness (QED) is 0.557. The van der Waals surface area contributed by atoms with E-state index in [2.05, 4.69) is 5.32 Å². The third-order valence-electron chi connectivity index (χ3n) is 5.93. The Balaban J connectivity index is 1.82. The van der Waals surface area contributed by atoms with Gasteiger partial charge < -0.3 is 10.1 Å². The van der Waals surface area contributed by atoms with Gasteiger partial charge in [0, 0.05) is 34.5 Å². The third-order valence-corrected chi connectivity index (χ3v) is 6.94. The standard InChI is InChI=1S/C25H24F3NO3S/c1-13(2)32-24(31)21-14(3)29-18-11-16(20-5-4-10-33-20)12-19(30)23(18)22(21)15-6-8-17(9-7-15)25(26,27)28/h4-11,13,16,22-23,29H,12H2,1-3H3. The average molecular weight is 476 g/mol. The molecule has 2 aromatic rings. The van der Waals surface area contributed by atoms with Gasteiger partial charge in [0.05, 0.1) is 23.2 Å². The van der Waals surface area contributed by atoms with Crippen LogP contribution in [-0.2, 0) is 20.5 Å². The molecule has 2 aliphatic rings. The molecule has 0 fully saturated rings. The smallest absolute Gasteiger partial charge is 0.416 e. The van der Waals surface area contributed by atoms with Gasteiger partial charge in [-0.3, -0.25) is 4.79 Å². The number of nitrogens with one attached hydrogen (secondary N) is 1. The second-order valence-electron chi connectivity index (χ2n) is 8.61. The number of thiophene rings is 1. The highest BCUT2D eigenvalue weighted by atomic mass is 32.1. The van der Waals surface area contributed by atoms with Gasteiger partial charge in [0.2, 0.25) is 0 Å². The van der Waals surface area contributed by atoms with Gasteiger partial charge >= 0.3 is 12.1 Å². The summed E-state index contributed by atoms with van der Waals surface area (Å²) < 4.78 is 44.8. The van der Waals surface area contributed by atoms with Crippen molar-refractivity contribution in [3.63, 3.8) is 0 Å². The first kappa shape index (κ1) is 23.3. The number of ketones is 1. The summed E-state index contributed by atoms with van der Waals surface area (Å²) in [6.45, 7) is 5.17. The molecule has 4 rings (SSSR count). The number of halogens is 3. The minimum atomic E-state index is -4.47. The largest absolute Gasteiger partial charge is 0.460 e. The Morgan fingerprint density at radius 1 is 1.15 bits per heavy atom. The van der Waals surface area contributed by atoms with Crippen molar-refractivity contribution in [1.29, 1.82) is 0 Å². The summed E-state index contributed by atoms with van der Waals surface area (Å²) in [5.74, 6) is -2.15. The van der Waals surface area contributed by atoms with Crippen LogP contribution < -0.4 is 5.32 Å². The number of benzene rings is 1. The van der Waals surface area contributed by atoms with E-state index in [1.54, 1.807) is 32.1 Å². The van der Waals surface area contributed by atoms with Crippen LogP contribution in [0.2, 0.25) is 0 Å². The van der Waals surface area contributed by atoms with Gasteiger partial charge in [0.15, 0.2) is 0 Å². The Bertz CT molecular complexity index is 1110. The molecule has 1 N–H and O–H groups in total. The number of fused-ring (bicyclic) bond motifs is 1. The van der Waals surface area contributed by atoms with Gasteiger partial charge in [-0.2, -0.15) is 13.2 Å². The maximum atomic E-state index is 13.4. The van der Waals surface area contributed by atoms with Crippen molar-refractivity contribution in [2.75, 3.05) is 0 Å². The minimum absolute atomic E-state index is 0.0642. The normalized spacial score (nSPS) is 23.2. The molecule has 1 aliphatic heterocycles. The zero-order chi connectivity index (χ0) is 23.9. The third kappa shape index (κ3) is 4.62. The topological polar surface area (TPSA) is 55.4 Å². The fourth-order valence-corrected chi connectivity index (χ4v) is 5.34. The zero-order valence-corrected chi connectivity index (χ0v) is 19.2. The minimum Gasteiger partial charge on any atom is -0.460 e. The number of alkyl halides is 3. The van der Waals surface area contributed by atoms with Crippen molar-refractivity contribution in [2.45, 2.75) is 51.3 Å². The van der Waals surface area contributed by atoms with Gasteiger partial charge in [-0.15, -0.1) is 11.3 Å². The molecule has 1 aromatic heterocycles. The van der Waals surface area contributed by atoms with Crippen LogP contribution in [0.3, 0.4) is 0 Å². The summed E-state index contributed by atoms with van der Waals surface area (Å²) >= 11 is 1.57. The highest BCUT2D eigenvalue weighted by molar-refractivity contribution is 7.10. The van der Waals surface area contributed by atoms with Crippen LogP contribution in [0.25, 0.3) is 0 Å². The van der Waals surface area contributed by atoms with Crippen molar-refractivity contribution < 1.29 is 27.5 Å². The number of allylic oxidation sites excluding steroid dienone is 3. The molecule has 33 heavy (non-hydrogen) atoms. The molecule has 2 heterocycles. The zero-order valence-electron chi connectivity index (χ0n) is 18.4. The average Bonchev–Trinajstić information content (AvgIpc) is 3.26. The molecular weight excluding hydrogens is 451 g/mol. The lowest BCUT2D eigenvalue weighted by atomic mass is 9.69. The van der Waals surface area contributed by atoms with E-state index < -0.39 is 29.5 Å². The van der Waals surface area contributed by atoms with Gasteiger partial charge in [-0.25, -0.2) is 4.79 Å². The van der Waals surface area contributed by atoms with Crippen molar-refractivity contribution in [2.24, 2.45) is 5.92 Å². The van der Waals surface area contributed by atoms with Crippen LogP contribution in [0.1, 0.15) is 55.0 Å². The Labute approximate surface area is 194 Å². The number of rotatable bonds is 4. The van der Waals surface area contributed by atoms with Gasteiger partial charge in [0.25, 0.3) is 0 Å². The SMILES string of the molecule is CC1=C(C(=O)OC(C)C)C(c2ccc(C(F)(F)F)cc2)C2C(=O)CC(c3cccs3)C=C2N1. The fraction of sp³-hybridized carbons (Fsp3) is 0.360. The molecule has 3 unspecified atom stereocenters. The monoisotopic (exact) mass is 475 g/mol. The Morgan fingerprint density at radius 3 is 2.42 bits per heavy atom. The lowest BCUT2D eigenvalue weighted by molar-refractivity contribution is -0.143. The molecule has 0 saturated heterocycles. The van der Waals surface area contributed by atoms with E-state index in [-0.39, 0.29) is 29.8 Å². The van der Waals surface area contributed by atoms with E-state index >= 15 is 0 Å². The van der Waals surface area contributed by atoms with E-state index in [1.807, 2.05) is 23.6 Å². The lowest BCUT2D eigenvalue weighted by Gasteiger charge is -2.39. The molecule has 8 heteroatoms. The van der Waals surface area contributed by atoms with Gasteiger partial charge in [-0.05, 0) is 49.9 Å². The Morgan fingerprint density at radius 2 is 1.85 bits per heavy atom. The summed E-state index contributed by atoms with van der Waals surface area (Å²) in [5, 5.41) is 5.18. The summed E-state index contributed by atoms with van der Waals surface area (Å²) in [6.07, 6.45) is -2.59. The molecule has 1 aromatic carbocycles. The summed E-state index contributed by atoms with van der Waals surface area (Å²) in [5.41, 5.74) is 1.17. The first-order valence-electron chi connectivity index (χ1n) is 10.7. The number of hydrogen-bond acceptors (Lipinski definition) is 5. The maximum Gasteiger partial charge on any atom is 0.416 e. The summed E-state index contributed by atoms with van der Waals surface area (Å²) in [7, 11) is 0. The van der Waals surface area contributed by atoms with Crippen LogP contribution in [0.4, 0.5) is 13.2 Å². The molecule has 0 spiro atoms. The molecule has 0 bridgehead atoms. The molecule has 0 amide bonds. The van der Waals surface area contributed by atoms with Crippen molar-refractivity contribution in [1.82, 2.24) is 5.32 Å². The van der Waals surface area contributed by atoms with Crippen LogP contribution in [0.5, 0.6) is 0 Å². The van der Waals surface area contributed by atoms with Gasteiger partial charge in [0.1, 0.15) is 5.78 Å². The van der Waals surface area contributed by atoms with Crippen LogP contribution >= 0.6 is 11.3 Å². The number of esters is 1. The number of hydrogen-bond donors (Lipinski definition) is 1. The predicted molar refractivity (Wildman–Crippen MR) is 120 cm³/mol. The highest BCUT2D eigenvalue weighted by Gasteiger charge is 2.45. The maximum absolute atomic E-state index is 13.4. The van der Waals surface area contributed by atoms with Crippen molar-refractivity contribution in [3.05, 3.63) is 80.8 Å². The van der Waals surface area contributed by atoms with Crippen LogP contribution in [-0.4, -0.2) is 17.9 Å². The highest BCUT2D eigenvalue weighted by Crippen LogP contribution is 2.47. The first-order chi connectivity index (χ1) is 15.6. The second kappa shape index (κ2) is 8.82. The molecule has 3 atom stereocenters. The summed E-state index contributed by atoms with van der Waals surface area (Å²) in [4.78, 5) is 27.5. The predicted octanol–water partition coefficient (Wildman–Crippen LogP) is 5.94. The molecule has 0 saturated carbocycles. The number of Topliss-reactive ketones (excluding diaryl/α,β-unsaturated/α-hetero) is 1. The molecule has 0 radical (unpaired) electrons. The molecule has 1 aliphatic carbocycles. The lowest BCUT2D eigenvalue weighted by Crippen LogP contribution is -2.42. The van der Waals surface area contributed by atoms with Crippen LogP contribution in [0, 0.1) is 5.92 Å². The fourth-order valence-electron chi connectivity index (χ4n) is 4.55. The van der Waals surface area contributed by atoms with Crippen LogP contribution in [0.15, 0.2) is 64.8 Å². The molecule has 4 nitrogen and oxygen atoms in total. The molecular formula is C25H24F3NO3S. The van der Waals surface area contributed by atoms with E-state index in [9.17, 15) is 22.8 Å². The van der Waals surface area contributed by atoms with Crippen molar-refractivity contribution in [3.8, 4) is 0 Å². The Kier molecular flexibility index (Phi) is 6.22. The van der Waals surface area contributed by atoms with Crippen molar-refractivity contribution >= 4 is 23.1 Å².